The Bertz CT molecular complexity index is 905. The van der Waals surface area contributed by atoms with E-state index in [-0.39, 0.29) is 22.8 Å². The number of nitrogens with one attached hydrogen (secondary N) is 1. The number of pyridine rings is 1. The fourth-order valence-corrected chi connectivity index (χ4v) is 3.73. The molecule has 1 amide bonds. The Hall–Kier alpha value is -2.63. The smallest absolute Gasteiger partial charge is 0.263 e. The van der Waals surface area contributed by atoms with Gasteiger partial charge in [-0.3, -0.25) is 9.59 Å². The number of halogens is 1. The number of carbonyl (C=O) groups excluding carboxylic acids is 1. The number of amides is 1. The summed E-state index contributed by atoms with van der Waals surface area (Å²) >= 11 is 0. The van der Waals surface area contributed by atoms with E-state index in [0.29, 0.717) is 30.5 Å². The lowest BCUT2D eigenvalue weighted by Crippen LogP contribution is -2.37. The number of rotatable bonds is 7. The summed E-state index contributed by atoms with van der Waals surface area (Å²) in [7, 11) is 0. The van der Waals surface area contributed by atoms with Crippen LogP contribution in [0.15, 0.2) is 41.3 Å². The van der Waals surface area contributed by atoms with E-state index in [1.54, 1.807) is 29.8 Å². The molecular formula is C23H30FN3O2. The maximum absolute atomic E-state index is 13.1. The van der Waals surface area contributed by atoms with Crippen LogP contribution in [0.4, 0.5) is 10.1 Å². The largest absolute Gasteiger partial charge is 0.371 e. The normalized spacial score (nSPS) is 16.4. The Labute approximate surface area is 171 Å². The van der Waals surface area contributed by atoms with Crippen molar-refractivity contribution in [3.05, 3.63) is 63.8 Å². The number of benzene rings is 1. The zero-order valence-electron chi connectivity index (χ0n) is 17.5. The fraction of sp³-hybridized carbons (Fsp3) is 0.478. The van der Waals surface area contributed by atoms with Crippen molar-refractivity contribution in [2.45, 2.75) is 40.2 Å². The van der Waals surface area contributed by atoms with Crippen LogP contribution in [0.1, 0.15) is 42.6 Å². The predicted molar refractivity (Wildman–Crippen MR) is 114 cm³/mol. The zero-order valence-corrected chi connectivity index (χ0v) is 17.5. The molecule has 0 bridgehead atoms. The van der Waals surface area contributed by atoms with E-state index in [1.807, 2.05) is 6.07 Å². The van der Waals surface area contributed by atoms with Crippen LogP contribution >= 0.6 is 0 Å². The number of aromatic nitrogens is 1. The molecule has 1 aliphatic heterocycles. The first-order valence-corrected chi connectivity index (χ1v) is 10.3. The lowest BCUT2D eigenvalue weighted by molar-refractivity contribution is 0.0945. The number of aryl methyl sites for hydroxylation is 2. The van der Waals surface area contributed by atoms with Gasteiger partial charge in [-0.2, -0.15) is 0 Å². The van der Waals surface area contributed by atoms with Crippen LogP contribution in [0, 0.1) is 24.6 Å². The molecule has 3 rings (SSSR count). The monoisotopic (exact) mass is 399 g/mol. The third-order valence-corrected chi connectivity index (χ3v) is 5.58. The van der Waals surface area contributed by atoms with Gasteiger partial charge in [0, 0.05) is 38.1 Å². The number of hydrogen-bond acceptors (Lipinski definition) is 3. The predicted octanol–water partition coefficient (Wildman–Crippen LogP) is 3.60. The summed E-state index contributed by atoms with van der Waals surface area (Å²) in [5, 5.41) is 2.96. The quantitative estimate of drug-likeness (QED) is 0.774. The van der Waals surface area contributed by atoms with Gasteiger partial charge in [0.25, 0.3) is 11.5 Å². The van der Waals surface area contributed by atoms with Crippen LogP contribution in [-0.2, 0) is 6.54 Å². The minimum absolute atomic E-state index is 0.220. The first-order valence-electron chi connectivity index (χ1n) is 10.3. The summed E-state index contributed by atoms with van der Waals surface area (Å²) in [6, 6.07) is 8.33. The second kappa shape index (κ2) is 9.25. The fourth-order valence-electron chi connectivity index (χ4n) is 3.73. The zero-order chi connectivity index (χ0) is 21.0. The topological polar surface area (TPSA) is 54.3 Å². The van der Waals surface area contributed by atoms with E-state index in [2.05, 4.69) is 24.1 Å². The van der Waals surface area contributed by atoms with Crippen molar-refractivity contribution in [1.29, 1.82) is 0 Å². The lowest BCUT2D eigenvalue weighted by Gasteiger charge is -2.19. The minimum Gasteiger partial charge on any atom is -0.371 e. The van der Waals surface area contributed by atoms with Gasteiger partial charge in [-0.25, -0.2) is 4.39 Å². The van der Waals surface area contributed by atoms with Crippen molar-refractivity contribution in [2.75, 3.05) is 24.5 Å². The van der Waals surface area contributed by atoms with Gasteiger partial charge in [-0.15, -0.1) is 0 Å². The molecule has 0 radical (unpaired) electrons. The average molecular weight is 400 g/mol. The SMILES string of the molecule is Cc1ccn(CCC(C)C)c(=O)c1C(=O)NCC1CCN(c2ccc(F)cc2)C1. The Morgan fingerprint density at radius 3 is 2.66 bits per heavy atom. The third kappa shape index (κ3) is 5.25. The number of anilines is 1. The van der Waals surface area contributed by atoms with Crippen molar-refractivity contribution in [3.63, 3.8) is 0 Å². The summed E-state index contributed by atoms with van der Waals surface area (Å²) in [4.78, 5) is 27.7. The minimum atomic E-state index is -0.299. The van der Waals surface area contributed by atoms with E-state index in [1.165, 1.54) is 12.1 Å². The van der Waals surface area contributed by atoms with Crippen molar-refractivity contribution in [3.8, 4) is 0 Å². The number of carbonyl (C=O) groups is 1. The van der Waals surface area contributed by atoms with Crippen LogP contribution in [0.25, 0.3) is 0 Å². The van der Waals surface area contributed by atoms with E-state index < -0.39 is 0 Å². The first-order chi connectivity index (χ1) is 13.8. The Morgan fingerprint density at radius 2 is 1.97 bits per heavy atom. The van der Waals surface area contributed by atoms with E-state index in [0.717, 1.165) is 31.6 Å². The van der Waals surface area contributed by atoms with Gasteiger partial charge in [-0.05, 0) is 67.5 Å². The van der Waals surface area contributed by atoms with Crippen molar-refractivity contribution in [2.24, 2.45) is 11.8 Å². The van der Waals surface area contributed by atoms with Crippen LogP contribution < -0.4 is 15.8 Å². The molecule has 2 heterocycles. The van der Waals surface area contributed by atoms with Gasteiger partial charge in [0.15, 0.2) is 0 Å². The van der Waals surface area contributed by atoms with Gasteiger partial charge in [0.1, 0.15) is 11.4 Å². The highest BCUT2D eigenvalue weighted by atomic mass is 19.1. The molecule has 156 valence electrons. The molecule has 0 spiro atoms. The molecule has 2 aromatic rings. The van der Waals surface area contributed by atoms with E-state index >= 15 is 0 Å². The highest BCUT2D eigenvalue weighted by Crippen LogP contribution is 2.23. The van der Waals surface area contributed by atoms with Crippen molar-refractivity contribution >= 4 is 11.6 Å². The molecule has 1 aromatic carbocycles. The highest BCUT2D eigenvalue weighted by molar-refractivity contribution is 5.95. The molecule has 1 fully saturated rings. The van der Waals surface area contributed by atoms with Crippen LogP contribution in [-0.4, -0.2) is 30.1 Å². The molecule has 0 saturated carbocycles. The molecule has 1 aliphatic rings. The maximum atomic E-state index is 13.1. The van der Waals surface area contributed by atoms with E-state index in [9.17, 15) is 14.0 Å². The molecule has 0 aliphatic carbocycles. The van der Waals surface area contributed by atoms with Gasteiger partial charge >= 0.3 is 0 Å². The molecule has 1 N–H and O–H groups in total. The molecular weight excluding hydrogens is 369 g/mol. The second-order valence-electron chi connectivity index (χ2n) is 8.34. The Morgan fingerprint density at radius 1 is 1.24 bits per heavy atom. The first kappa shape index (κ1) is 21.1. The number of hydrogen-bond donors (Lipinski definition) is 1. The Balaban J connectivity index is 1.60. The van der Waals surface area contributed by atoms with Crippen molar-refractivity contribution in [1.82, 2.24) is 9.88 Å². The molecule has 1 aromatic heterocycles. The van der Waals surface area contributed by atoms with Crippen LogP contribution in [0.5, 0.6) is 0 Å². The van der Waals surface area contributed by atoms with Gasteiger partial charge in [0.05, 0.1) is 0 Å². The molecule has 5 nitrogen and oxygen atoms in total. The summed E-state index contributed by atoms with van der Waals surface area (Å²) in [6.45, 7) is 8.85. The summed E-state index contributed by atoms with van der Waals surface area (Å²) in [5.74, 6) is 0.253. The highest BCUT2D eigenvalue weighted by Gasteiger charge is 2.24. The summed E-state index contributed by atoms with van der Waals surface area (Å²) in [5.41, 5.74) is 1.71. The van der Waals surface area contributed by atoms with Gasteiger partial charge < -0.3 is 14.8 Å². The van der Waals surface area contributed by atoms with Gasteiger partial charge in [0.2, 0.25) is 0 Å². The Kier molecular flexibility index (Phi) is 6.72. The van der Waals surface area contributed by atoms with E-state index in [4.69, 9.17) is 0 Å². The molecule has 6 heteroatoms. The molecule has 1 unspecified atom stereocenters. The average Bonchev–Trinajstić information content (AvgIpc) is 3.15. The standard InChI is InChI=1S/C23H30FN3O2/c1-16(2)8-11-26-12-9-17(3)21(23(26)29)22(28)25-14-18-10-13-27(15-18)20-6-4-19(24)5-7-20/h4-7,9,12,16,18H,8,10-11,13-15H2,1-3H3,(H,25,28). The lowest BCUT2D eigenvalue weighted by atomic mass is 10.1. The summed E-state index contributed by atoms with van der Waals surface area (Å²) < 4.78 is 14.7. The molecule has 29 heavy (non-hydrogen) atoms. The van der Waals surface area contributed by atoms with Gasteiger partial charge in [-0.1, -0.05) is 13.8 Å². The maximum Gasteiger partial charge on any atom is 0.263 e. The third-order valence-electron chi connectivity index (χ3n) is 5.58. The molecule has 1 atom stereocenters. The summed E-state index contributed by atoms with van der Waals surface area (Å²) in [6.07, 6.45) is 3.61. The van der Waals surface area contributed by atoms with Crippen LogP contribution in [0.2, 0.25) is 0 Å². The number of nitrogens with zero attached hydrogens (tertiary/aromatic N) is 2. The second-order valence-corrected chi connectivity index (χ2v) is 8.34. The van der Waals surface area contributed by atoms with Crippen molar-refractivity contribution < 1.29 is 9.18 Å². The molecule has 1 saturated heterocycles. The van der Waals surface area contributed by atoms with Crippen LogP contribution in [0.3, 0.4) is 0 Å².